The zero-order valence-electron chi connectivity index (χ0n) is 16.7. The Bertz CT molecular complexity index is 984. The van der Waals surface area contributed by atoms with Crippen molar-refractivity contribution < 1.29 is 4.74 Å². The van der Waals surface area contributed by atoms with Crippen LogP contribution in [0.3, 0.4) is 0 Å². The summed E-state index contributed by atoms with van der Waals surface area (Å²) in [5.74, 6) is 1.99. The molecule has 3 aromatic heterocycles. The molecule has 0 radical (unpaired) electrons. The molecule has 6 nitrogen and oxygen atoms in total. The maximum Gasteiger partial charge on any atom is 0.145 e. The summed E-state index contributed by atoms with van der Waals surface area (Å²) in [5.41, 5.74) is 5.01. The van der Waals surface area contributed by atoms with Crippen molar-refractivity contribution in [3.05, 3.63) is 59.9 Å². The number of rotatable bonds is 5. The fourth-order valence-electron chi connectivity index (χ4n) is 3.40. The molecule has 1 N–H and O–H groups in total. The Morgan fingerprint density at radius 1 is 1.14 bits per heavy atom. The highest BCUT2D eigenvalue weighted by molar-refractivity contribution is 5.61. The number of pyridine rings is 2. The molecule has 6 heteroatoms. The van der Waals surface area contributed by atoms with Crippen LogP contribution in [0.2, 0.25) is 0 Å². The maximum absolute atomic E-state index is 5.98. The van der Waals surface area contributed by atoms with E-state index in [9.17, 15) is 0 Å². The molecule has 144 valence electrons. The van der Waals surface area contributed by atoms with E-state index in [2.05, 4.69) is 52.1 Å². The first-order chi connectivity index (χ1) is 13.4. The maximum atomic E-state index is 5.98. The van der Waals surface area contributed by atoms with E-state index in [0.29, 0.717) is 6.61 Å². The van der Waals surface area contributed by atoms with Crippen LogP contribution in [0.1, 0.15) is 43.6 Å². The van der Waals surface area contributed by atoms with Crippen LogP contribution < -0.4 is 10.1 Å². The molecular weight excluding hydrogens is 350 g/mol. The van der Waals surface area contributed by atoms with Crippen molar-refractivity contribution in [2.24, 2.45) is 0 Å². The average molecular weight is 375 g/mol. The summed E-state index contributed by atoms with van der Waals surface area (Å²) >= 11 is 0. The second-order valence-electron chi connectivity index (χ2n) is 8.01. The molecule has 0 spiro atoms. The number of aryl methyl sites for hydroxylation is 1. The second kappa shape index (κ2) is 7.19. The third kappa shape index (κ3) is 3.54. The van der Waals surface area contributed by atoms with Gasteiger partial charge in [-0.1, -0.05) is 20.8 Å². The summed E-state index contributed by atoms with van der Waals surface area (Å²) in [7, 11) is 0. The van der Waals surface area contributed by atoms with Gasteiger partial charge in [-0.25, -0.2) is 9.97 Å². The quantitative estimate of drug-likeness (QED) is 0.723. The number of ether oxygens (including phenoxy) is 1. The minimum atomic E-state index is -0.0396. The predicted molar refractivity (Wildman–Crippen MR) is 110 cm³/mol. The van der Waals surface area contributed by atoms with Gasteiger partial charge in [0.05, 0.1) is 18.0 Å². The van der Waals surface area contributed by atoms with E-state index in [1.807, 2.05) is 37.5 Å². The number of nitrogens with one attached hydrogen (secondary N) is 1. The van der Waals surface area contributed by atoms with Crippen LogP contribution >= 0.6 is 0 Å². The van der Waals surface area contributed by atoms with E-state index in [-0.39, 0.29) is 11.3 Å². The summed E-state index contributed by atoms with van der Waals surface area (Å²) in [5, 5.41) is 3.43. The standard InChI is InChI=1S/C22H25N5O/c1-14(17-7-8-23-21-20(17)28-12-22(21,3)4)10-25-19-9-18(26-13-27-19)16-6-5-15(2)24-11-16/h5-9,11,13-14H,10,12H2,1-4H3,(H,25,26,27)/t14-/m1/s1. The van der Waals surface area contributed by atoms with Crippen molar-refractivity contribution in [3.63, 3.8) is 0 Å². The molecule has 1 aliphatic heterocycles. The zero-order chi connectivity index (χ0) is 19.7. The van der Waals surface area contributed by atoms with Crippen molar-refractivity contribution in [2.75, 3.05) is 18.5 Å². The van der Waals surface area contributed by atoms with Gasteiger partial charge in [0.25, 0.3) is 0 Å². The molecule has 4 rings (SSSR count). The summed E-state index contributed by atoms with van der Waals surface area (Å²) in [6, 6.07) is 8.01. The highest BCUT2D eigenvalue weighted by atomic mass is 16.5. The predicted octanol–water partition coefficient (Wildman–Crippen LogP) is 4.13. The van der Waals surface area contributed by atoms with Gasteiger partial charge in [-0.15, -0.1) is 0 Å². The molecule has 0 aromatic carbocycles. The van der Waals surface area contributed by atoms with Crippen molar-refractivity contribution in [1.82, 2.24) is 19.9 Å². The topological polar surface area (TPSA) is 72.8 Å². The Labute approximate surface area is 165 Å². The number of aromatic nitrogens is 4. The van der Waals surface area contributed by atoms with E-state index in [1.165, 1.54) is 5.56 Å². The molecule has 1 atom stereocenters. The largest absolute Gasteiger partial charge is 0.490 e. The van der Waals surface area contributed by atoms with Crippen LogP contribution in [0, 0.1) is 6.92 Å². The first kappa shape index (κ1) is 18.3. The van der Waals surface area contributed by atoms with Crippen LogP contribution in [0.4, 0.5) is 5.82 Å². The minimum absolute atomic E-state index is 0.0396. The van der Waals surface area contributed by atoms with E-state index >= 15 is 0 Å². The van der Waals surface area contributed by atoms with Gasteiger partial charge in [-0.3, -0.25) is 9.97 Å². The van der Waals surface area contributed by atoms with Crippen LogP contribution in [-0.2, 0) is 5.41 Å². The Morgan fingerprint density at radius 3 is 2.79 bits per heavy atom. The van der Waals surface area contributed by atoms with E-state index in [4.69, 9.17) is 4.74 Å². The van der Waals surface area contributed by atoms with Crippen LogP contribution in [0.5, 0.6) is 5.75 Å². The van der Waals surface area contributed by atoms with Crippen molar-refractivity contribution in [2.45, 2.75) is 39.0 Å². The van der Waals surface area contributed by atoms with Gasteiger partial charge < -0.3 is 10.1 Å². The van der Waals surface area contributed by atoms with Crippen LogP contribution in [0.15, 0.2) is 43.0 Å². The normalized spacial score (nSPS) is 15.6. The summed E-state index contributed by atoms with van der Waals surface area (Å²) in [6.45, 7) is 9.90. The van der Waals surface area contributed by atoms with Gasteiger partial charge >= 0.3 is 0 Å². The molecular formula is C22H25N5O. The molecule has 1 aliphatic rings. The first-order valence-electron chi connectivity index (χ1n) is 9.55. The van der Waals surface area contributed by atoms with Gasteiger partial charge in [-0.2, -0.15) is 0 Å². The number of hydrogen-bond acceptors (Lipinski definition) is 6. The van der Waals surface area contributed by atoms with Gasteiger partial charge in [0, 0.05) is 53.2 Å². The number of anilines is 1. The minimum Gasteiger partial charge on any atom is -0.490 e. The summed E-state index contributed by atoms with van der Waals surface area (Å²) < 4.78 is 5.98. The van der Waals surface area contributed by atoms with Crippen LogP contribution in [-0.4, -0.2) is 33.1 Å². The van der Waals surface area contributed by atoms with Crippen molar-refractivity contribution in [3.8, 4) is 17.0 Å². The fourth-order valence-corrected chi connectivity index (χ4v) is 3.40. The number of nitrogens with zero attached hydrogens (tertiary/aromatic N) is 4. The van der Waals surface area contributed by atoms with Gasteiger partial charge in [0.1, 0.15) is 17.9 Å². The highest BCUT2D eigenvalue weighted by Crippen LogP contribution is 2.41. The third-order valence-electron chi connectivity index (χ3n) is 5.15. The lowest BCUT2D eigenvalue weighted by Crippen LogP contribution is -2.19. The summed E-state index contributed by atoms with van der Waals surface area (Å²) in [6.07, 6.45) is 5.30. The van der Waals surface area contributed by atoms with Gasteiger partial charge in [0.2, 0.25) is 0 Å². The molecule has 4 heterocycles. The lowest BCUT2D eigenvalue weighted by Gasteiger charge is -2.17. The monoisotopic (exact) mass is 375 g/mol. The second-order valence-corrected chi connectivity index (χ2v) is 8.01. The Hall–Kier alpha value is -3.02. The molecule has 0 saturated carbocycles. The van der Waals surface area contributed by atoms with Gasteiger partial charge in [0.15, 0.2) is 0 Å². The molecule has 28 heavy (non-hydrogen) atoms. The number of fused-ring (bicyclic) bond motifs is 1. The molecule has 0 amide bonds. The van der Waals surface area contributed by atoms with Crippen molar-refractivity contribution >= 4 is 5.82 Å². The zero-order valence-corrected chi connectivity index (χ0v) is 16.7. The Morgan fingerprint density at radius 2 is 2.00 bits per heavy atom. The molecule has 0 unspecified atom stereocenters. The smallest absolute Gasteiger partial charge is 0.145 e. The van der Waals surface area contributed by atoms with Crippen LogP contribution in [0.25, 0.3) is 11.3 Å². The molecule has 0 bridgehead atoms. The lowest BCUT2D eigenvalue weighted by atomic mass is 9.89. The van der Waals surface area contributed by atoms with E-state index in [1.54, 1.807) is 6.33 Å². The lowest BCUT2D eigenvalue weighted by molar-refractivity contribution is 0.288. The average Bonchev–Trinajstić information content (AvgIpc) is 3.02. The molecule has 3 aromatic rings. The SMILES string of the molecule is Cc1ccc(-c2cc(NC[C@@H](C)c3ccnc4c3OCC4(C)C)ncn2)cn1. The van der Waals surface area contributed by atoms with Crippen molar-refractivity contribution in [1.29, 1.82) is 0 Å². The number of hydrogen-bond donors (Lipinski definition) is 1. The molecule has 0 aliphatic carbocycles. The molecule has 0 fully saturated rings. The van der Waals surface area contributed by atoms with E-state index in [0.717, 1.165) is 40.8 Å². The third-order valence-corrected chi connectivity index (χ3v) is 5.15. The Balaban J connectivity index is 1.49. The Kier molecular flexibility index (Phi) is 4.71. The fraction of sp³-hybridized carbons (Fsp3) is 0.364. The first-order valence-corrected chi connectivity index (χ1v) is 9.55. The van der Waals surface area contributed by atoms with Gasteiger partial charge in [-0.05, 0) is 25.1 Å². The highest BCUT2D eigenvalue weighted by Gasteiger charge is 2.35. The van der Waals surface area contributed by atoms with E-state index < -0.39 is 0 Å². The summed E-state index contributed by atoms with van der Waals surface area (Å²) in [4.78, 5) is 17.6. The molecule has 0 saturated heterocycles.